The highest BCUT2D eigenvalue weighted by Gasteiger charge is 2.26. The third-order valence-electron chi connectivity index (χ3n) is 5.29. The summed E-state index contributed by atoms with van der Waals surface area (Å²) in [6.45, 7) is 2.71. The van der Waals surface area contributed by atoms with Crippen LogP contribution in [0.5, 0.6) is 0 Å². The van der Waals surface area contributed by atoms with E-state index in [9.17, 15) is 18.0 Å². The second-order valence-corrected chi connectivity index (χ2v) is 9.21. The average Bonchev–Trinajstić information content (AvgIpc) is 3.05. The van der Waals surface area contributed by atoms with Gasteiger partial charge < -0.3 is 10.1 Å². The van der Waals surface area contributed by atoms with Crippen LogP contribution in [-0.2, 0) is 14.8 Å². The fourth-order valence-electron chi connectivity index (χ4n) is 3.53. The van der Waals surface area contributed by atoms with E-state index in [1.54, 1.807) is 37.3 Å². The lowest BCUT2D eigenvalue weighted by Gasteiger charge is -2.20. The molecule has 160 valence electrons. The zero-order valence-electron chi connectivity index (χ0n) is 17.2. The Morgan fingerprint density at radius 3 is 2.33 bits per heavy atom. The second-order valence-electron chi connectivity index (χ2n) is 7.27. The average molecular weight is 431 g/mol. The molecule has 1 saturated heterocycles. The quantitative estimate of drug-likeness (QED) is 0.732. The monoisotopic (exact) mass is 430 g/mol. The summed E-state index contributed by atoms with van der Waals surface area (Å²) in [7, 11) is -2.36. The summed E-state index contributed by atoms with van der Waals surface area (Å²) in [5, 5.41) is 2.76. The summed E-state index contributed by atoms with van der Waals surface area (Å²) in [6, 6.07) is 11.0. The number of esters is 1. The van der Waals surface area contributed by atoms with Crippen LogP contribution in [0.3, 0.4) is 0 Å². The first-order chi connectivity index (χ1) is 14.3. The molecule has 1 fully saturated rings. The Morgan fingerprint density at radius 1 is 1.00 bits per heavy atom. The Kier molecular flexibility index (Phi) is 6.89. The fourth-order valence-corrected chi connectivity index (χ4v) is 5.09. The highest BCUT2D eigenvalue weighted by Crippen LogP contribution is 2.23. The number of hydrogen-bond donors (Lipinski definition) is 1. The summed E-state index contributed by atoms with van der Waals surface area (Å²) >= 11 is 0. The molecule has 1 heterocycles. The van der Waals surface area contributed by atoms with Crippen LogP contribution in [0, 0.1) is 6.92 Å². The molecule has 0 aliphatic carbocycles. The van der Waals surface area contributed by atoms with E-state index in [1.807, 2.05) is 0 Å². The van der Waals surface area contributed by atoms with E-state index in [0.29, 0.717) is 29.9 Å². The van der Waals surface area contributed by atoms with Crippen LogP contribution in [0.4, 0.5) is 5.69 Å². The third kappa shape index (κ3) is 4.71. The van der Waals surface area contributed by atoms with Crippen LogP contribution >= 0.6 is 0 Å². The molecule has 30 heavy (non-hydrogen) atoms. The molecule has 1 aliphatic heterocycles. The Morgan fingerprint density at radius 2 is 1.67 bits per heavy atom. The highest BCUT2D eigenvalue weighted by molar-refractivity contribution is 7.89. The molecular weight excluding hydrogens is 404 g/mol. The molecule has 2 aromatic rings. The van der Waals surface area contributed by atoms with Gasteiger partial charge in [0.1, 0.15) is 0 Å². The Hall–Kier alpha value is -2.71. The smallest absolute Gasteiger partial charge is 0.338 e. The van der Waals surface area contributed by atoms with Crippen molar-refractivity contribution in [1.82, 2.24) is 4.31 Å². The number of nitrogens with zero attached hydrogens (tertiary/aromatic N) is 1. The zero-order chi connectivity index (χ0) is 21.7. The second kappa shape index (κ2) is 9.40. The van der Waals surface area contributed by atoms with Crippen LogP contribution in [0.2, 0.25) is 0 Å². The van der Waals surface area contributed by atoms with E-state index < -0.39 is 21.9 Å². The minimum absolute atomic E-state index is 0.108. The van der Waals surface area contributed by atoms with Gasteiger partial charge in [0.2, 0.25) is 10.0 Å². The summed E-state index contributed by atoms with van der Waals surface area (Å²) in [5.74, 6) is -0.942. The van der Waals surface area contributed by atoms with Crippen molar-refractivity contribution in [2.75, 3.05) is 25.5 Å². The lowest BCUT2D eigenvalue weighted by atomic mass is 10.1. The number of benzene rings is 2. The number of rotatable bonds is 5. The summed E-state index contributed by atoms with van der Waals surface area (Å²) in [4.78, 5) is 24.8. The maximum Gasteiger partial charge on any atom is 0.338 e. The van der Waals surface area contributed by atoms with Crippen molar-refractivity contribution in [3.8, 4) is 0 Å². The number of hydrogen-bond acceptors (Lipinski definition) is 5. The molecule has 0 saturated carbocycles. The summed E-state index contributed by atoms with van der Waals surface area (Å²) in [6.07, 6.45) is 3.74. The standard InChI is InChI=1S/C22H26N2O5S/c1-16-19(22(26)29-2)11-8-12-20(16)23-21(25)17-9-7-10-18(15-17)30(27,28)24-13-5-3-4-6-14-24/h7-12,15H,3-6,13-14H2,1-2H3,(H,23,25). The van der Waals surface area contributed by atoms with Gasteiger partial charge in [-0.3, -0.25) is 4.79 Å². The predicted molar refractivity (Wildman–Crippen MR) is 114 cm³/mol. The third-order valence-corrected chi connectivity index (χ3v) is 7.18. The number of anilines is 1. The van der Waals surface area contributed by atoms with Crippen molar-refractivity contribution in [1.29, 1.82) is 0 Å². The molecule has 1 amide bonds. The van der Waals surface area contributed by atoms with Crippen molar-refractivity contribution in [3.05, 3.63) is 59.2 Å². The Balaban J connectivity index is 1.84. The lowest BCUT2D eigenvalue weighted by molar-refractivity contribution is 0.0599. The van der Waals surface area contributed by atoms with Gasteiger partial charge in [-0.1, -0.05) is 25.0 Å². The summed E-state index contributed by atoms with van der Waals surface area (Å²) < 4.78 is 32.3. The highest BCUT2D eigenvalue weighted by atomic mass is 32.2. The van der Waals surface area contributed by atoms with E-state index >= 15 is 0 Å². The van der Waals surface area contributed by atoms with E-state index in [2.05, 4.69) is 5.32 Å². The van der Waals surface area contributed by atoms with Crippen LogP contribution in [-0.4, -0.2) is 44.8 Å². The van der Waals surface area contributed by atoms with Crippen LogP contribution in [0.25, 0.3) is 0 Å². The molecule has 0 spiro atoms. The molecule has 0 atom stereocenters. The molecule has 1 aliphatic rings. The molecule has 2 aromatic carbocycles. The van der Waals surface area contributed by atoms with Gasteiger partial charge in [0.15, 0.2) is 0 Å². The lowest BCUT2D eigenvalue weighted by Crippen LogP contribution is -2.32. The maximum atomic E-state index is 13.0. The number of amides is 1. The number of carbonyl (C=O) groups excluding carboxylic acids is 2. The number of nitrogens with one attached hydrogen (secondary N) is 1. The van der Waals surface area contributed by atoms with Gasteiger partial charge >= 0.3 is 5.97 Å². The van der Waals surface area contributed by atoms with Crippen molar-refractivity contribution < 1.29 is 22.7 Å². The Labute approximate surface area is 177 Å². The van der Waals surface area contributed by atoms with Crippen molar-refractivity contribution in [2.45, 2.75) is 37.5 Å². The molecule has 0 bridgehead atoms. The van der Waals surface area contributed by atoms with Crippen LogP contribution in [0.15, 0.2) is 47.4 Å². The van der Waals surface area contributed by atoms with E-state index in [-0.39, 0.29) is 10.5 Å². The molecule has 3 rings (SSSR count). The molecule has 0 aromatic heterocycles. The van der Waals surface area contributed by atoms with Crippen molar-refractivity contribution in [3.63, 3.8) is 0 Å². The molecular formula is C22H26N2O5S. The van der Waals surface area contributed by atoms with Gasteiger partial charge in [0.05, 0.1) is 17.6 Å². The van der Waals surface area contributed by atoms with Gasteiger partial charge in [-0.2, -0.15) is 4.31 Å². The van der Waals surface area contributed by atoms with Gasteiger partial charge in [0, 0.05) is 24.3 Å². The molecule has 7 nitrogen and oxygen atoms in total. The number of carbonyl (C=O) groups is 2. The van der Waals surface area contributed by atoms with Crippen molar-refractivity contribution >= 4 is 27.6 Å². The molecule has 1 N–H and O–H groups in total. The fraction of sp³-hybridized carbons (Fsp3) is 0.364. The SMILES string of the molecule is COC(=O)c1cccc(NC(=O)c2cccc(S(=O)(=O)N3CCCCCC3)c2)c1C. The maximum absolute atomic E-state index is 13.0. The minimum atomic E-state index is -3.65. The first-order valence-electron chi connectivity index (χ1n) is 9.94. The van der Waals surface area contributed by atoms with Crippen LogP contribution < -0.4 is 5.32 Å². The van der Waals surface area contributed by atoms with Gasteiger partial charge in [-0.25, -0.2) is 13.2 Å². The first-order valence-corrected chi connectivity index (χ1v) is 11.4. The van der Waals surface area contributed by atoms with E-state index in [4.69, 9.17) is 4.74 Å². The van der Waals surface area contributed by atoms with Crippen molar-refractivity contribution in [2.24, 2.45) is 0 Å². The van der Waals surface area contributed by atoms with Crippen LogP contribution in [0.1, 0.15) is 52.0 Å². The number of sulfonamides is 1. The largest absolute Gasteiger partial charge is 0.465 e. The van der Waals surface area contributed by atoms with Gasteiger partial charge in [0.25, 0.3) is 5.91 Å². The minimum Gasteiger partial charge on any atom is -0.465 e. The molecule has 0 unspecified atom stereocenters. The first kappa shape index (κ1) is 22.0. The number of ether oxygens (including phenoxy) is 1. The van der Waals surface area contributed by atoms with E-state index in [0.717, 1.165) is 25.7 Å². The van der Waals surface area contributed by atoms with Gasteiger partial charge in [-0.15, -0.1) is 0 Å². The zero-order valence-corrected chi connectivity index (χ0v) is 18.0. The Bertz CT molecular complexity index is 1040. The van der Waals surface area contributed by atoms with Gasteiger partial charge in [-0.05, 0) is 55.7 Å². The molecule has 8 heteroatoms. The molecule has 0 radical (unpaired) electrons. The predicted octanol–water partition coefficient (Wildman–Crippen LogP) is 3.60. The normalized spacial score (nSPS) is 15.3. The van der Waals surface area contributed by atoms with E-state index in [1.165, 1.54) is 23.5 Å². The summed E-state index contributed by atoms with van der Waals surface area (Å²) in [5.41, 5.74) is 1.62. The number of methoxy groups -OCH3 is 1. The topological polar surface area (TPSA) is 92.8 Å².